The van der Waals surface area contributed by atoms with Gasteiger partial charge in [-0.15, -0.1) is 29.8 Å². The number of imidazole rings is 2. The van der Waals surface area contributed by atoms with E-state index in [-0.39, 0.29) is 27.5 Å². The Bertz CT molecular complexity index is 2090. The van der Waals surface area contributed by atoms with Gasteiger partial charge in [-0.1, -0.05) is 59.8 Å². The molecule has 0 aliphatic heterocycles. The third kappa shape index (κ3) is 8.73. The van der Waals surface area contributed by atoms with E-state index in [0.29, 0.717) is 27.2 Å². The summed E-state index contributed by atoms with van der Waals surface area (Å²) in [5.41, 5.74) is 8.28. The van der Waals surface area contributed by atoms with Crippen LogP contribution in [-0.2, 0) is 46.6 Å². The zero-order valence-corrected chi connectivity index (χ0v) is 31.8. The molecule has 2 heterocycles. The monoisotopic (exact) mass is 946 g/mol. The van der Waals surface area contributed by atoms with E-state index < -0.39 is 23.5 Å². The molecule has 0 aliphatic carbocycles. The number of hydrogen-bond acceptors (Lipinski definition) is 2. The summed E-state index contributed by atoms with van der Waals surface area (Å²) >= 11 is 3.25. The Hall–Kier alpha value is -3.99. The van der Waals surface area contributed by atoms with Gasteiger partial charge in [-0.05, 0) is 73.7 Å². The van der Waals surface area contributed by atoms with Gasteiger partial charge in [-0.25, -0.2) is 4.98 Å². The molecule has 12 heteroatoms. The van der Waals surface area contributed by atoms with Gasteiger partial charge in [0.25, 0.3) is 0 Å². The van der Waals surface area contributed by atoms with E-state index in [4.69, 9.17) is 0 Å². The second-order valence-electron chi connectivity index (χ2n) is 11.8. The van der Waals surface area contributed by atoms with Gasteiger partial charge in [0.15, 0.2) is 0 Å². The van der Waals surface area contributed by atoms with Crippen LogP contribution in [0.2, 0.25) is 0 Å². The SMILES string of the molecule is C.Cc1cccc(C)c1-c1cnc(-c2[c-]cc(C(F)(F)F)cc2)n1C.Cc1cccc(C)c1-c1cnc(-c2ccc(C(F)(F)F)cc2Br)n1C.[Ir]. The molecule has 0 amide bonds. The molecule has 4 nitrogen and oxygen atoms in total. The number of alkyl halides is 6. The van der Waals surface area contributed by atoms with Crippen LogP contribution in [0.15, 0.2) is 89.7 Å². The van der Waals surface area contributed by atoms with E-state index in [1.165, 1.54) is 12.1 Å². The summed E-state index contributed by atoms with van der Waals surface area (Å²) in [6, 6.07) is 21.8. The average molecular weight is 947 g/mol. The molecule has 51 heavy (non-hydrogen) atoms. The molecule has 1 radical (unpaired) electrons. The number of aromatic nitrogens is 4. The second-order valence-corrected chi connectivity index (χ2v) is 12.6. The quantitative estimate of drug-likeness (QED) is 0.130. The van der Waals surface area contributed by atoms with Crippen LogP contribution in [-0.4, -0.2) is 19.1 Å². The molecule has 0 unspecified atom stereocenters. The second kappa shape index (κ2) is 16.1. The van der Waals surface area contributed by atoms with E-state index in [1.54, 1.807) is 12.4 Å². The van der Waals surface area contributed by atoms with E-state index >= 15 is 0 Å². The molecule has 0 spiro atoms. The summed E-state index contributed by atoms with van der Waals surface area (Å²) in [6.45, 7) is 8.12. The van der Waals surface area contributed by atoms with Gasteiger partial charge in [0.05, 0.1) is 29.0 Å². The van der Waals surface area contributed by atoms with Crippen LogP contribution in [0, 0.1) is 33.8 Å². The Morgan fingerprint density at radius 2 is 1.06 bits per heavy atom. The normalized spacial score (nSPS) is 11.3. The van der Waals surface area contributed by atoms with Crippen LogP contribution in [0.25, 0.3) is 45.3 Å². The first-order chi connectivity index (χ1) is 23.0. The van der Waals surface area contributed by atoms with Crippen molar-refractivity contribution in [3.05, 3.63) is 129 Å². The fourth-order valence-corrected chi connectivity index (χ4v) is 6.39. The summed E-state index contributed by atoms with van der Waals surface area (Å²) in [4.78, 5) is 8.84. The molecule has 271 valence electrons. The Balaban J connectivity index is 0.000000265. The predicted octanol–water partition coefficient (Wildman–Crippen LogP) is 12.0. The minimum Gasteiger partial charge on any atom is -0.367 e. The van der Waals surface area contributed by atoms with Crippen molar-refractivity contribution in [2.24, 2.45) is 14.1 Å². The van der Waals surface area contributed by atoms with Gasteiger partial charge in [-0.3, -0.25) is 4.98 Å². The molecule has 0 bridgehead atoms. The molecule has 0 N–H and O–H groups in total. The maximum atomic E-state index is 12.9. The zero-order valence-electron chi connectivity index (χ0n) is 27.9. The average Bonchev–Trinajstić information content (AvgIpc) is 3.58. The van der Waals surface area contributed by atoms with Gasteiger partial charge >= 0.3 is 12.4 Å². The van der Waals surface area contributed by atoms with Crippen molar-refractivity contribution in [2.75, 3.05) is 0 Å². The van der Waals surface area contributed by atoms with Crippen molar-refractivity contribution in [3.8, 4) is 45.3 Å². The Labute approximate surface area is 316 Å². The van der Waals surface area contributed by atoms with Crippen molar-refractivity contribution in [1.82, 2.24) is 19.1 Å². The first-order valence-corrected chi connectivity index (χ1v) is 15.9. The van der Waals surface area contributed by atoms with Crippen LogP contribution >= 0.6 is 15.9 Å². The number of rotatable bonds is 4. The first kappa shape index (κ1) is 41.4. The van der Waals surface area contributed by atoms with Crippen LogP contribution < -0.4 is 0 Å². The minimum absolute atomic E-state index is 0. The van der Waals surface area contributed by atoms with Gasteiger partial charge < -0.3 is 9.13 Å². The summed E-state index contributed by atoms with van der Waals surface area (Å²) in [5.74, 6) is 1.19. The topological polar surface area (TPSA) is 35.6 Å². The maximum absolute atomic E-state index is 12.9. The standard InChI is InChI=1S/C19H16BrF3N2.C19H16F3N2.CH4.Ir/c1-11-5-4-6-12(2)17(11)16-10-24-18(25(16)3)14-8-7-13(9-15(14)20)19(21,22)23;1-12-5-4-6-13(2)17(12)16-11-23-18(24(16)3)14-7-9-15(10-8-14)19(20,21)22;;/h4-10H,1-3H3;4-7,9-11H,1-3H3;1H4;/q;-1;;. The summed E-state index contributed by atoms with van der Waals surface area (Å²) in [5, 5.41) is 0. The first-order valence-electron chi connectivity index (χ1n) is 15.1. The molecule has 0 saturated heterocycles. The number of nitrogens with zero attached hydrogens (tertiary/aromatic N) is 4. The van der Waals surface area contributed by atoms with Crippen molar-refractivity contribution in [2.45, 2.75) is 47.5 Å². The van der Waals surface area contributed by atoms with Crippen LogP contribution in [0.5, 0.6) is 0 Å². The molecule has 6 aromatic rings. The fourth-order valence-electron chi connectivity index (χ4n) is 5.83. The van der Waals surface area contributed by atoms with E-state index in [0.717, 1.165) is 69.0 Å². The molecule has 0 atom stereocenters. The van der Waals surface area contributed by atoms with Gasteiger partial charge in [-0.2, -0.15) is 26.3 Å². The van der Waals surface area contributed by atoms with Crippen molar-refractivity contribution in [1.29, 1.82) is 0 Å². The van der Waals surface area contributed by atoms with Crippen LogP contribution in [0.4, 0.5) is 26.3 Å². The maximum Gasteiger partial charge on any atom is 0.416 e. The molecule has 0 fully saturated rings. The van der Waals surface area contributed by atoms with Crippen molar-refractivity contribution < 1.29 is 46.4 Å². The van der Waals surface area contributed by atoms with Crippen LogP contribution in [0.1, 0.15) is 40.8 Å². The summed E-state index contributed by atoms with van der Waals surface area (Å²) < 4.78 is 80.7. The zero-order chi connectivity index (χ0) is 35.8. The Morgan fingerprint density at radius 1 is 0.627 bits per heavy atom. The van der Waals surface area contributed by atoms with E-state index in [1.807, 2.05) is 87.3 Å². The summed E-state index contributed by atoms with van der Waals surface area (Å²) in [6.07, 6.45) is -5.23. The Kier molecular flexibility index (Phi) is 13.1. The third-order valence-electron chi connectivity index (χ3n) is 8.37. The van der Waals surface area contributed by atoms with Crippen LogP contribution in [0.3, 0.4) is 0 Å². The van der Waals surface area contributed by atoms with Crippen molar-refractivity contribution >= 4 is 15.9 Å². The molecule has 2 aromatic heterocycles. The summed E-state index contributed by atoms with van der Waals surface area (Å²) in [7, 11) is 3.72. The fraction of sp³-hybridized carbons (Fsp3) is 0.231. The van der Waals surface area contributed by atoms with Gasteiger partial charge in [0, 0.05) is 61.6 Å². The number of aryl methyl sites for hydroxylation is 4. The smallest absolute Gasteiger partial charge is 0.367 e. The number of benzene rings is 4. The Morgan fingerprint density at radius 3 is 1.47 bits per heavy atom. The molecule has 0 saturated carbocycles. The largest absolute Gasteiger partial charge is 0.416 e. The van der Waals surface area contributed by atoms with Gasteiger partial charge in [0.1, 0.15) is 5.82 Å². The van der Waals surface area contributed by atoms with E-state index in [9.17, 15) is 26.3 Å². The van der Waals surface area contributed by atoms with Gasteiger partial charge in [0.2, 0.25) is 0 Å². The molecule has 6 rings (SSSR count). The third-order valence-corrected chi connectivity index (χ3v) is 9.03. The molecule has 0 aliphatic rings. The minimum atomic E-state index is -4.37. The molecular weight excluding hydrogens is 911 g/mol. The number of hydrogen-bond donors (Lipinski definition) is 0. The predicted molar refractivity (Wildman–Crippen MR) is 190 cm³/mol. The molecule has 4 aromatic carbocycles. The van der Waals surface area contributed by atoms with E-state index in [2.05, 4.69) is 32.0 Å². The van der Waals surface area contributed by atoms with Crippen molar-refractivity contribution in [3.63, 3.8) is 0 Å². The molecular formula is C39H36BrF6IrN4-. The number of halogens is 7.